The van der Waals surface area contributed by atoms with Crippen molar-refractivity contribution < 1.29 is 9.32 Å². The molecular formula is C14H14BrN3O2. The summed E-state index contributed by atoms with van der Waals surface area (Å²) in [6, 6.07) is 7.82. The Morgan fingerprint density at radius 2 is 2.15 bits per heavy atom. The molecule has 2 atom stereocenters. The van der Waals surface area contributed by atoms with E-state index in [1.807, 2.05) is 31.2 Å². The second kappa shape index (κ2) is 5.36. The summed E-state index contributed by atoms with van der Waals surface area (Å²) in [7, 11) is 0. The van der Waals surface area contributed by atoms with E-state index in [0.29, 0.717) is 18.1 Å². The predicted octanol–water partition coefficient (Wildman–Crippen LogP) is 2.88. The fourth-order valence-corrected chi connectivity index (χ4v) is 2.59. The fourth-order valence-electron chi connectivity index (χ4n) is 2.32. The van der Waals surface area contributed by atoms with Gasteiger partial charge in [0.2, 0.25) is 17.6 Å². The molecule has 2 unspecified atom stereocenters. The fraction of sp³-hybridized carbons (Fsp3) is 0.357. The lowest BCUT2D eigenvalue weighted by Gasteiger charge is -2.14. The molecule has 1 fully saturated rings. The van der Waals surface area contributed by atoms with Crippen molar-refractivity contribution in [3.63, 3.8) is 0 Å². The zero-order chi connectivity index (χ0) is 14.1. The van der Waals surface area contributed by atoms with Crippen LogP contribution >= 0.6 is 15.9 Å². The highest BCUT2D eigenvalue weighted by Crippen LogP contribution is 2.26. The third-order valence-electron chi connectivity index (χ3n) is 3.57. The molecule has 1 saturated heterocycles. The van der Waals surface area contributed by atoms with Gasteiger partial charge in [0, 0.05) is 22.5 Å². The van der Waals surface area contributed by atoms with Gasteiger partial charge >= 0.3 is 0 Å². The zero-order valence-corrected chi connectivity index (χ0v) is 12.6. The van der Waals surface area contributed by atoms with E-state index < -0.39 is 0 Å². The summed E-state index contributed by atoms with van der Waals surface area (Å²) >= 11 is 3.39. The Labute approximate surface area is 124 Å². The molecule has 1 aromatic heterocycles. The van der Waals surface area contributed by atoms with Crippen LogP contribution in [-0.2, 0) is 4.79 Å². The van der Waals surface area contributed by atoms with Crippen molar-refractivity contribution in [2.75, 3.05) is 0 Å². The average Bonchev–Trinajstić information content (AvgIpc) is 3.08. The van der Waals surface area contributed by atoms with Crippen LogP contribution in [0.5, 0.6) is 0 Å². The van der Waals surface area contributed by atoms with Crippen LogP contribution in [0.25, 0.3) is 11.4 Å². The van der Waals surface area contributed by atoms with E-state index in [1.54, 1.807) is 0 Å². The zero-order valence-electron chi connectivity index (χ0n) is 11.0. The van der Waals surface area contributed by atoms with Crippen LogP contribution in [-0.4, -0.2) is 22.1 Å². The van der Waals surface area contributed by atoms with Crippen LogP contribution in [0.4, 0.5) is 0 Å². The van der Waals surface area contributed by atoms with Crippen molar-refractivity contribution in [1.29, 1.82) is 0 Å². The predicted molar refractivity (Wildman–Crippen MR) is 77.0 cm³/mol. The Bertz CT molecular complexity index is 624. The normalized spacial score (nSPS) is 19.9. The van der Waals surface area contributed by atoms with E-state index in [0.717, 1.165) is 16.5 Å². The lowest BCUT2D eigenvalue weighted by atomic mass is 10.0. The van der Waals surface area contributed by atoms with Crippen LogP contribution in [0.1, 0.15) is 31.6 Å². The molecule has 1 aliphatic rings. The Morgan fingerprint density at radius 3 is 2.80 bits per heavy atom. The Balaban J connectivity index is 1.79. The summed E-state index contributed by atoms with van der Waals surface area (Å²) in [5.41, 5.74) is 0.908. The van der Waals surface area contributed by atoms with Crippen molar-refractivity contribution in [3.05, 3.63) is 34.6 Å². The number of nitrogens with zero attached hydrogens (tertiary/aromatic N) is 2. The number of carbonyl (C=O) groups is 1. The molecule has 0 radical (unpaired) electrons. The van der Waals surface area contributed by atoms with Gasteiger partial charge in [0.15, 0.2) is 0 Å². The van der Waals surface area contributed by atoms with E-state index in [4.69, 9.17) is 4.52 Å². The Morgan fingerprint density at radius 1 is 1.40 bits per heavy atom. The van der Waals surface area contributed by atoms with Gasteiger partial charge in [-0.25, -0.2) is 0 Å². The quantitative estimate of drug-likeness (QED) is 0.936. The van der Waals surface area contributed by atoms with Crippen molar-refractivity contribution in [3.8, 4) is 11.4 Å². The second-order valence-corrected chi connectivity index (χ2v) is 5.88. The molecule has 20 heavy (non-hydrogen) atoms. The lowest BCUT2D eigenvalue weighted by Crippen LogP contribution is -2.30. The van der Waals surface area contributed by atoms with E-state index in [1.165, 1.54) is 0 Å². The first kappa shape index (κ1) is 13.3. The van der Waals surface area contributed by atoms with Gasteiger partial charge in [0.1, 0.15) is 0 Å². The molecular weight excluding hydrogens is 322 g/mol. The Hall–Kier alpha value is -1.69. The van der Waals surface area contributed by atoms with Crippen LogP contribution < -0.4 is 5.32 Å². The first-order valence-electron chi connectivity index (χ1n) is 6.52. The molecule has 0 spiro atoms. The molecule has 5 nitrogen and oxygen atoms in total. The summed E-state index contributed by atoms with van der Waals surface area (Å²) < 4.78 is 6.34. The third kappa shape index (κ3) is 2.60. The van der Waals surface area contributed by atoms with Crippen molar-refractivity contribution in [2.45, 2.75) is 31.7 Å². The number of aromatic nitrogens is 2. The topological polar surface area (TPSA) is 68.0 Å². The number of amides is 1. The number of nitrogens with one attached hydrogen (secondary N) is 1. The molecule has 104 valence electrons. The first-order valence-corrected chi connectivity index (χ1v) is 7.31. The largest absolute Gasteiger partial charge is 0.353 e. The number of halogens is 1. The maximum absolute atomic E-state index is 11.3. The van der Waals surface area contributed by atoms with E-state index in [-0.39, 0.29) is 17.9 Å². The second-order valence-electron chi connectivity index (χ2n) is 4.96. The van der Waals surface area contributed by atoms with Gasteiger partial charge in [-0.3, -0.25) is 4.79 Å². The standard InChI is InChI=1S/C14H14BrN3O2/c1-8(11-6-7-12(19)16-11)14-17-13(18-20-14)9-2-4-10(15)5-3-9/h2-5,8,11H,6-7H2,1H3,(H,16,19). The van der Waals surface area contributed by atoms with Gasteiger partial charge in [0.25, 0.3) is 0 Å². The molecule has 1 N–H and O–H groups in total. The number of benzene rings is 1. The molecule has 3 rings (SSSR count). The number of hydrogen-bond donors (Lipinski definition) is 1. The van der Waals surface area contributed by atoms with E-state index in [9.17, 15) is 4.79 Å². The monoisotopic (exact) mass is 335 g/mol. The minimum Gasteiger partial charge on any atom is -0.353 e. The summed E-state index contributed by atoms with van der Waals surface area (Å²) in [5.74, 6) is 1.26. The molecule has 0 bridgehead atoms. The van der Waals surface area contributed by atoms with Gasteiger partial charge in [-0.2, -0.15) is 4.98 Å². The molecule has 2 heterocycles. The maximum atomic E-state index is 11.3. The number of hydrogen-bond acceptors (Lipinski definition) is 4. The maximum Gasteiger partial charge on any atom is 0.231 e. The lowest BCUT2D eigenvalue weighted by molar-refractivity contribution is -0.119. The molecule has 1 aromatic carbocycles. The minimum absolute atomic E-state index is 0.0261. The third-order valence-corrected chi connectivity index (χ3v) is 4.09. The summed E-state index contributed by atoms with van der Waals surface area (Å²) in [4.78, 5) is 15.7. The highest BCUT2D eigenvalue weighted by molar-refractivity contribution is 9.10. The van der Waals surface area contributed by atoms with Gasteiger partial charge < -0.3 is 9.84 Å². The van der Waals surface area contributed by atoms with Gasteiger partial charge in [-0.1, -0.05) is 28.0 Å². The Kier molecular flexibility index (Phi) is 3.56. The molecule has 0 aliphatic carbocycles. The van der Waals surface area contributed by atoms with Crippen LogP contribution in [0.15, 0.2) is 33.3 Å². The van der Waals surface area contributed by atoms with Gasteiger partial charge in [0.05, 0.1) is 5.92 Å². The van der Waals surface area contributed by atoms with Gasteiger partial charge in [-0.05, 0) is 30.7 Å². The number of rotatable bonds is 3. The van der Waals surface area contributed by atoms with Crippen LogP contribution in [0.2, 0.25) is 0 Å². The van der Waals surface area contributed by atoms with E-state index >= 15 is 0 Å². The highest BCUT2D eigenvalue weighted by atomic mass is 79.9. The summed E-state index contributed by atoms with van der Waals surface area (Å²) in [6.07, 6.45) is 1.39. The van der Waals surface area contributed by atoms with E-state index in [2.05, 4.69) is 31.4 Å². The average molecular weight is 336 g/mol. The van der Waals surface area contributed by atoms with Crippen molar-refractivity contribution >= 4 is 21.8 Å². The number of carbonyl (C=O) groups excluding carboxylic acids is 1. The van der Waals surface area contributed by atoms with Crippen molar-refractivity contribution in [2.24, 2.45) is 0 Å². The smallest absolute Gasteiger partial charge is 0.231 e. The van der Waals surface area contributed by atoms with Crippen molar-refractivity contribution in [1.82, 2.24) is 15.5 Å². The molecule has 1 amide bonds. The van der Waals surface area contributed by atoms with Crippen LogP contribution in [0.3, 0.4) is 0 Å². The molecule has 1 aliphatic heterocycles. The SMILES string of the molecule is CC(c1nc(-c2ccc(Br)cc2)no1)C1CCC(=O)N1. The van der Waals surface area contributed by atoms with Crippen LogP contribution in [0, 0.1) is 0 Å². The summed E-state index contributed by atoms with van der Waals surface area (Å²) in [5, 5.41) is 6.95. The first-order chi connectivity index (χ1) is 9.63. The highest BCUT2D eigenvalue weighted by Gasteiger charge is 2.30. The minimum atomic E-state index is 0.0261. The molecule has 2 aromatic rings. The molecule has 6 heteroatoms. The molecule has 0 saturated carbocycles. The summed E-state index contributed by atoms with van der Waals surface area (Å²) in [6.45, 7) is 2.00. The van der Waals surface area contributed by atoms with Gasteiger partial charge in [-0.15, -0.1) is 0 Å².